The molecule has 2 unspecified atom stereocenters. The van der Waals surface area contributed by atoms with Crippen LogP contribution < -0.4 is 0 Å². The molecule has 0 aromatic carbocycles. The Morgan fingerprint density at radius 3 is 1.38 bits per heavy atom. The third-order valence-corrected chi connectivity index (χ3v) is 2.85. The van der Waals surface area contributed by atoms with Crippen LogP contribution in [0.4, 0.5) is 0 Å². The number of carbonyl (C=O) groups is 2. The van der Waals surface area contributed by atoms with Crippen molar-refractivity contribution in [3.8, 4) is 0 Å². The number of carboxylic acids is 2. The second-order valence-electron chi connectivity index (χ2n) is 4.65. The number of hydrogen-bond donors (Lipinski definition) is 2. The number of rotatable bonds is 9. The van der Waals surface area contributed by atoms with Crippen molar-refractivity contribution in [3.05, 3.63) is 0 Å². The van der Waals surface area contributed by atoms with Crippen molar-refractivity contribution in [1.82, 2.24) is 0 Å². The average molecular weight is 230 g/mol. The van der Waals surface area contributed by atoms with Gasteiger partial charge in [0.1, 0.15) is 0 Å². The van der Waals surface area contributed by atoms with E-state index in [1.54, 1.807) is 0 Å². The minimum absolute atomic E-state index is 0.227. The lowest BCUT2D eigenvalue weighted by molar-refractivity contribution is -0.138. The van der Waals surface area contributed by atoms with E-state index in [1.807, 2.05) is 13.8 Å². The van der Waals surface area contributed by atoms with Gasteiger partial charge in [-0.05, 0) is 24.7 Å². The summed E-state index contributed by atoms with van der Waals surface area (Å²) in [5, 5.41) is 17.0. The maximum Gasteiger partial charge on any atom is 0.303 e. The Hall–Kier alpha value is -1.06. The Bertz CT molecular complexity index is 201. The van der Waals surface area contributed by atoms with Crippen LogP contribution in [0, 0.1) is 11.8 Å². The molecular formula is C12H22O4. The second-order valence-corrected chi connectivity index (χ2v) is 4.65. The van der Waals surface area contributed by atoms with Crippen molar-refractivity contribution in [3.63, 3.8) is 0 Å². The van der Waals surface area contributed by atoms with Crippen LogP contribution in [0.5, 0.6) is 0 Å². The van der Waals surface area contributed by atoms with E-state index in [2.05, 4.69) is 0 Å². The summed E-state index contributed by atoms with van der Waals surface area (Å²) in [6.07, 6.45) is 3.83. The van der Waals surface area contributed by atoms with Crippen molar-refractivity contribution in [2.24, 2.45) is 11.8 Å². The Balaban J connectivity index is 3.54. The van der Waals surface area contributed by atoms with Gasteiger partial charge in [-0.1, -0.05) is 26.7 Å². The molecule has 0 aromatic heterocycles. The average Bonchev–Trinajstić information content (AvgIpc) is 2.20. The third-order valence-electron chi connectivity index (χ3n) is 2.85. The molecule has 0 saturated heterocycles. The molecule has 0 amide bonds. The molecule has 4 heteroatoms. The largest absolute Gasteiger partial charge is 0.481 e. The highest BCUT2D eigenvalue weighted by Crippen LogP contribution is 2.19. The van der Waals surface area contributed by atoms with Crippen molar-refractivity contribution in [1.29, 1.82) is 0 Å². The summed E-state index contributed by atoms with van der Waals surface area (Å²) in [6, 6.07) is 0. The van der Waals surface area contributed by atoms with Gasteiger partial charge < -0.3 is 10.2 Å². The maximum atomic E-state index is 10.4. The van der Waals surface area contributed by atoms with Crippen LogP contribution in [0.25, 0.3) is 0 Å². The molecule has 0 aliphatic heterocycles. The predicted octanol–water partition coefficient (Wildman–Crippen LogP) is 2.77. The van der Waals surface area contributed by atoms with Gasteiger partial charge in [-0.25, -0.2) is 0 Å². The lowest BCUT2D eigenvalue weighted by Crippen LogP contribution is -2.05. The highest BCUT2D eigenvalue weighted by atomic mass is 16.4. The van der Waals surface area contributed by atoms with Crippen molar-refractivity contribution >= 4 is 11.9 Å². The van der Waals surface area contributed by atoms with Crippen LogP contribution in [0.2, 0.25) is 0 Å². The Labute approximate surface area is 96.7 Å². The van der Waals surface area contributed by atoms with Crippen LogP contribution in [-0.4, -0.2) is 22.2 Å². The van der Waals surface area contributed by atoms with E-state index in [0.717, 1.165) is 12.8 Å². The minimum atomic E-state index is -0.745. The molecule has 0 rings (SSSR count). The van der Waals surface area contributed by atoms with Crippen LogP contribution in [0.3, 0.4) is 0 Å². The highest BCUT2D eigenvalue weighted by molar-refractivity contribution is 5.66. The molecule has 0 spiro atoms. The number of hydrogen-bond acceptors (Lipinski definition) is 2. The van der Waals surface area contributed by atoms with Crippen LogP contribution >= 0.6 is 0 Å². The second kappa shape index (κ2) is 8.13. The summed E-state index contributed by atoms with van der Waals surface area (Å²) in [5.74, 6) is -0.677. The Morgan fingerprint density at radius 2 is 1.12 bits per heavy atom. The zero-order valence-corrected chi connectivity index (χ0v) is 10.1. The molecule has 0 fully saturated rings. The molecule has 0 heterocycles. The topological polar surface area (TPSA) is 74.6 Å². The summed E-state index contributed by atoms with van der Waals surface area (Å²) in [5.41, 5.74) is 0. The third kappa shape index (κ3) is 9.49. The molecule has 2 atom stereocenters. The van der Waals surface area contributed by atoms with Gasteiger partial charge in [0.05, 0.1) is 0 Å². The summed E-state index contributed by atoms with van der Waals surface area (Å²) in [7, 11) is 0. The first-order chi connectivity index (χ1) is 7.41. The van der Waals surface area contributed by atoms with Gasteiger partial charge in [-0.3, -0.25) is 9.59 Å². The van der Waals surface area contributed by atoms with Crippen molar-refractivity contribution < 1.29 is 19.8 Å². The smallest absolute Gasteiger partial charge is 0.303 e. The fraction of sp³-hybridized carbons (Fsp3) is 0.833. The predicted molar refractivity (Wildman–Crippen MR) is 61.3 cm³/mol. The number of aliphatic carboxylic acids is 2. The maximum absolute atomic E-state index is 10.4. The molecule has 0 aliphatic carbocycles. The summed E-state index contributed by atoms with van der Waals surface area (Å²) in [4.78, 5) is 20.7. The van der Waals surface area contributed by atoms with E-state index >= 15 is 0 Å². The molecule has 4 nitrogen and oxygen atoms in total. The van der Waals surface area contributed by atoms with Crippen molar-refractivity contribution in [2.75, 3.05) is 0 Å². The minimum Gasteiger partial charge on any atom is -0.481 e. The van der Waals surface area contributed by atoms with Gasteiger partial charge in [0.25, 0.3) is 0 Å². The van der Waals surface area contributed by atoms with Crippen LogP contribution in [0.1, 0.15) is 52.4 Å². The molecule has 0 aliphatic rings. The first-order valence-corrected chi connectivity index (χ1v) is 5.85. The monoisotopic (exact) mass is 230 g/mol. The molecular weight excluding hydrogens is 208 g/mol. The summed E-state index contributed by atoms with van der Waals surface area (Å²) >= 11 is 0. The lowest BCUT2D eigenvalue weighted by atomic mass is 9.92. The summed E-state index contributed by atoms with van der Waals surface area (Å²) < 4.78 is 0. The molecule has 2 N–H and O–H groups in total. The first-order valence-electron chi connectivity index (χ1n) is 5.85. The quantitative estimate of drug-likeness (QED) is 0.638. The number of carboxylic acid groups (broad SMARTS) is 2. The molecule has 0 radical (unpaired) electrons. The zero-order chi connectivity index (χ0) is 12.6. The molecule has 0 bridgehead atoms. The van der Waals surface area contributed by atoms with Gasteiger partial charge in [-0.15, -0.1) is 0 Å². The van der Waals surface area contributed by atoms with E-state index in [-0.39, 0.29) is 12.8 Å². The Kier molecular flexibility index (Phi) is 7.60. The van der Waals surface area contributed by atoms with E-state index in [1.165, 1.54) is 0 Å². The normalized spacial score (nSPS) is 14.4. The molecule has 94 valence electrons. The molecule has 0 aromatic rings. The molecule has 16 heavy (non-hydrogen) atoms. The molecule has 0 saturated carbocycles. The van der Waals surface area contributed by atoms with Gasteiger partial charge in [-0.2, -0.15) is 0 Å². The van der Waals surface area contributed by atoms with Gasteiger partial charge in [0, 0.05) is 12.8 Å². The SMILES string of the molecule is CC(CCC(=O)O)CCC(C)CCC(=O)O. The van der Waals surface area contributed by atoms with E-state index in [9.17, 15) is 9.59 Å². The van der Waals surface area contributed by atoms with E-state index in [0.29, 0.717) is 24.7 Å². The van der Waals surface area contributed by atoms with Gasteiger partial charge in [0.15, 0.2) is 0 Å². The standard InChI is InChI=1S/C12H22O4/c1-9(5-7-11(13)14)3-4-10(2)6-8-12(15)16/h9-10H,3-8H2,1-2H3,(H,13,14)(H,15,16). The van der Waals surface area contributed by atoms with E-state index < -0.39 is 11.9 Å². The fourth-order valence-electron chi connectivity index (χ4n) is 1.60. The van der Waals surface area contributed by atoms with Crippen molar-refractivity contribution in [2.45, 2.75) is 52.4 Å². The lowest BCUT2D eigenvalue weighted by Gasteiger charge is -2.14. The zero-order valence-electron chi connectivity index (χ0n) is 10.1. The first kappa shape index (κ1) is 14.9. The Morgan fingerprint density at radius 1 is 0.812 bits per heavy atom. The van der Waals surface area contributed by atoms with E-state index in [4.69, 9.17) is 10.2 Å². The van der Waals surface area contributed by atoms with Crippen LogP contribution in [0.15, 0.2) is 0 Å². The highest BCUT2D eigenvalue weighted by Gasteiger charge is 2.09. The van der Waals surface area contributed by atoms with Crippen LogP contribution in [-0.2, 0) is 9.59 Å². The van der Waals surface area contributed by atoms with Gasteiger partial charge >= 0.3 is 11.9 Å². The fourth-order valence-corrected chi connectivity index (χ4v) is 1.60. The summed E-state index contributed by atoms with van der Waals surface area (Å²) in [6.45, 7) is 4.10. The van der Waals surface area contributed by atoms with Gasteiger partial charge in [0.2, 0.25) is 0 Å².